The smallest absolute Gasteiger partial charge is 0.167 e. The van der Waals surface area contributed by atoms with Crippen molar-refractivity contribution in [1.29, 1.82) is 0 Å². The fourth-order valence-corrected chi connectivity index (χ4v) is 2.21. The summed E-state index contributed by atoms with van der Waals surface area (Å²) in [5.41, 5.74) is 0. The van der Waals surface area contributed by atoms with Gasteiger partial charge in [-0.15, -0.1) is 0 Å². The Bertz CT molecular complexity index is 402. The second kappa shape index (κ2) is 5.19. The van der Waals surface area contributed by atoms with Crippen molar-refractivity contribution in [3.05, 3.63) is 23.1 Å². The van der Waals surface area contributed by atoms with Gasteiger partial charge in [0.15, 0.2) is 11.6 Å². The third-order valence-electron chi connectivity index (χ3n) is 3.00. The summed E-state index contributed by atoms with van der Waals surface area (Å²) in [6, 6.07) is 1.48. The average molecular weight is 259 g/mol. The largest absolute Gasteiger partial charge is 0.375 e. The first-order valence-electron chi connectivity index (χ1n) is 5.81. The molecular weight excluding hydrogens is 243 g/mol. The number of hydrogen-bond acceptors (Lipinski definition) is 3. The van der Waals surface area contributed by atoms with E-state index in [-0.39, 0.29) is 18.0 Å². The normalized spacial score (nSPS) is 25.1. The third kappa shape index (κ3) is 2.69. The van der Waals surface area contributed by atoms with Crippen LogP contribution in [0.3, 0.4) is 0 Å². The van der Waals surface area contributed by atoms with Crippen LogP contribution in [-0.4, -0.2) is 30.3 Å². The van der Waals surface area contributed by atoms with E-state index in [1.165, 1.54) is 12.3 Å². The van der Waals surface area contributed by atoms with Gasteiger partial charge in [-0.1, -0.05) is 18.5 Å². The van der Waals surface area contributed by atoms with Crippen LogP contribution in [0.15, 0.2) is 12.3 Å². The predicted octanol–water partition coefficient (Wildman–Crippen LogP) is 2.88. The van der Waals surface area contributed by atoms with E-state index in [9.17, 15) is 4.39 Å². The van der Waals surface area contributed by atoms with Crippen LogP contribution < -0.4 is 4.90 Å². The average Bonchev–Trinajstić information content (AvgIpc) is 2.29. The number of nitrogens with zero attached hydrogens (tertiary/aromatic N) is 2. The third-order valence-corrected chi connectivity index (χ3v) is 3.21. The van der Waals surface area contributed by atoms with Gasteiger partial charge in [0.05, 0.1) is 23.8 Å². The molecule has 17 heavy (non-hydrogen) atoms. The molecule has 1 aromatic heterocycles. The van der Waals surface area contributed by atoms with Gasteiger partial charge in [0.25, 0.3) is 0 Å². The summed E-state index contributed by atoms with van der Waals surface area (Å²) in [5.74, 6) is 0.00134. The maximum Gasteiger partial charge on any atom is 0.167 e. The lowest BCUT2D eigenvalue weighted by Gasteiger charge is -2.39. The van der Waals surface area contributed by atoms with E-state index in [1.807, 2.05) is 11.8 Å². The number of ether oxygens (including phenoxy) is 1. The van der Waals surface area contributed by atoms with Crippen molar-refractivity contribution in [3.8, 4) is 0 Å². The number of morpholine rings is 1. The minimum Gasteiger partial charge on any atom is -0.375 e. The van der Waals surface area contributed by atoms with Gasteiger partial charge in [0.1, 0.15) is 0 Å². The van der Waals surface area contributed by atoms with Gasteiger partial charge in [0.2, 0.25) is 0 Å². The fourth-order valence-electron chi connectivity index (χ4n) is 2.06. The quantitative estimate of drug-likeness (QED) is 0.816. The van der Waals surface area contributed by atoms with Crippen LogP contribution >= 0.6 is 11.6 Å². The molecular formula is C12H16ClFN2O. The summed E-state index contributed by atoms with van der Waals surface area (Å²) in [5, 5.41) is 0.320. The molecule has 1 aliphatic heterocycles. The summed E-state index contributed by atoms with van der Waals surface area (Å²) in [6.07, 6.45) is 2.47. The highest BCUT2D eigenvalue weighted by Crippen LogP contribution is 2.25. The van der Waals surface area contributed by atoms with Gasteiger partial charge >= 0.3 is 0 Å². The Labute approximate surface area is 106 Å². The van der Waals surface area contributed by atoms with Gasteiger partial charge in [-0.2, -0.15) is 0 Å². The minimum atomic E-state index is -0.370. The summed E-state index contributed by atoms with van der Waals surface area (Å²) < 4.78 is 19.4. The van der Waals surface area contributed by atoms with E-state index in [1.54, 1.807) is 0 Å². The molecule has 94 valence electrons. The molecule has 1 aliphatic rings. The number of aromatic nitrogens is 1. The molecule has 0 N–H and O–H groups in total. The Morgan fingerprint density at radius 2 is 2.41 bits per heavy atom. The maximum absolute atomic E-state index is 13.8. The van der Waals surface area contributed by atoms with Crippen LogP contribution in [0.2, 0.25) is 5.02 Å². The Balaban J connectivity index is 2.28. The van der Waals surface area contributed by atoms with Gasteiger partial charge in [-0.05, 0) is 19.4 Å². The molecule has 2 atom stereocenters. The maximum atomic E-state index is 13.8. The van der Waals surface area contributed by atoms with Crippen molar-refractivity contribution >= 4 is 17.4 Å². The van der Waals surface area contributed by atoms with Crippen molar-refractivity contribution in [2.24, 2.45) is 0 Å². The number of anilines is 1. The molecule has 0 saturated carbocycles. The molecule has 0 spiro atoms. The van der Waals surface area contributed by atoms with E-state index in [4.69, 9.17) is 16.3 Å². The summed E-state index contributed by atoms with van der Waals surface area (Å²) >= 11 is 5.71. The SMILES string of the molecule is CCC1COC(C)CN1c1ncc(Cl)cc1F. The van der Waals surface area contributed by atoms with E-state index in [0.29, 0.717) is 24.0 Å². The summed E-state index contributed by atoms with van der Waals surface area (Å²) in [6.45, 7) is 5.31. The van der Waals surface area contributed by atoms with Crippen LogP contribution in [0.1, 0.15) is 20.3 Å². The Kier molecular flexibility index (Phi) is 3.84. The fraction of sp³-hybridized carbons (Fsp3) is 0.583. The van der Waals surface area contributed by atoms with Crippen LogP contribution in [0.5, 0.6) is 0 Å². The highest BCUT2D eigenvalue weighted by molar-refractivity contribution is 6.30. The second-order valence-corrected chi connectivity index (χ2v) is 4.75. The van der Waals surface area contributed by atoms with E-state index in [2.05, 4.69) is 11.9 Å². The van der Waals surface area contributed by atoms with Crippen molar-refractivity contribution in [1.82, 2.24) is 4.98 Å². The van der Waals surface area contributed by atoms with E-state index >= 15 is 0 Å². The predicted molar refractivity (Wildman–Crippen MR) is 66.0 cm³/mol. The zero-order valence-electron chi connectivity index (χ0n) is 9.99. The zero-order valence-corrected chi connectivity index (χ0v) is 10.7. The monoisotopic (exact) mass is 258 g/mol. The van der Waals surface area contributed by atoms with Gasteiger partial charge in [-0.3, -0.25) is 0 Å². The Hall–Kier alpha value is -0.870. The lowest BCUT2D eigenvalue weighted by atomic mass is 10.1. The van der Waals surface area contributed by atoms with Crippen LogP contribution in [0, 0.1) is 5.82 Å². The zero-order chi connectivity index (χ0) is 12.4. The van der Waals surface area contributed by atoms with Gasteiger partial charge < -0.3 is 9.64 Å². The molecule has 1 fully saturated rings. The second-order valence-electron chi connectivity index (χ2n) is 4.32. The highest BCUT2D eigenvalue weighted by atomic mass is 35.5. The van der Waals surface area contributed by atoms with Crippen LogP contribution in [0.4, 0.5) is 10.2 Å². The number of halogens is 2. The summed E-state index contributed by atoms with van der Waals surface area (Å²) in [7, 11) is 0. The number of hydrogen-bond donors (Lipinski definition) is 0. The van der Waals surface area contributed by atoms with Crippen molar-refractivity contribution in [3.63, 3.8) is 0 Å². The molecule has 5 heteroatoms. The van der Waals surface area contributed by atoms with Crippen LogP contribution in [-0.2, 0) is 4.74 Å². The Morgan fingerprint density at radius 1 is 1.65 bits per heavy atom. The lowest BCUT2D eigenvalue weighted by molar-refractivity contribution is 0.0293. The Morgan fingerprint density at radius 3 is 3.06 bits per heavy atom. The molecule has 0 amide bonds. The van der Waals surface area contributed by atoms with Crippen molar-refractivity contribution < 1.29 is 9.13 Å². The molecule has 2 unspecified atom stereocenters. The van der Waals surface area contributed by atoms with E-state index in [0.717, 1.165) is 6.42 Å². The van der Waals surface area contributed by atoms with Crippen molar-refractivity contribution in [2.75, 3.05) is 18.1 Å². The van der Waals surface area contributed by atoms with Gasteiger partial charge in [0, 0.05) is 12.7 Å². The highest BCUT2D eigenvalue weighted by Gasteiger charge is 2.28. The molecule has 0 radical (unpaired) electrons. The first-order valence-corrected chi connectivity index (χ1v) is 6.19. The summed E-state index contributed by atoms with van der Waals surface area (Å²) in [4.78, 5) is 6.07. The van der Waals surface area contributed by atoms with Gasteiger partial charge in [-0.25, -0.2) is 9.37 Å². The number of pyridine rings is 1. The topological polar surface area (TPSA) is 25.4 Å². The molecule has 0 bridgehead atoms. The minimum absolute atomic E-state index is 0.0923. The molecule has 0 aliphatic carbocycles. The molecule has 1 saturated heterocycles. The van der Waals surface area contributed by atoms with E-state index < -0.39 is 0 Å². The molecule has 1 aromatic rings. The first-order chi connectivity index (χ1) is 8.11. The molecule has 2 heterocycles. The number of rotatable bonds is 2. The molecule has 0 aromatic carbocycles. The standard InChI is InChI=1S/C12H16ClFN2O/c1-3-10-7-17-8(2)6-16(10)12-11(14)4-9(13)5-15-12/h4-5,8,10H,3,6-7H2,1-2H3. The first kappa shape index (κ1) is 12.6. The van der Waals surface area contributed by atoms with Crippen LogP contribution in [0.25, 0.3) is 0 Å². The molecule has 3 nitrogen and oxygen atoms in total. The molecule has 2 rings (SSSR count). The van der Waals surface area contributed by atoms with Crippen molar-refractivity contribution in [2.45, 2.75) is 32.4 Å². The lowest BCUT2D eigenvalue weighted by Crippen LogP contribution is -2.49.